The van der Waals surface area contributed by atoms with Gasteiger partial charge in [0.05, 0.1) is 0 Å². The molecule has 2 N–H and O–H groups in total. The topological polar surface area (TPSA) is 58.9 Å². The molecule has 0 saturated heterocycles. The second-order valence-electron chi connectivity index (χ2n) is 3.29. The van der Waals surface area contributed by atoms with Crippen LogP contribution in [0.4, 0.5) is 0 Å². The molecule has 0 aliphatic heterocycles. The van der Waals surface area contributed by atoms with E-state index in [-0.39, 0.29) is 6.79 Å². The smallest absolute Gasteiger partial charge is 0.468 e. The van der Waals surface area contributed by atoms with Crippen molar-refractivity contribution in [1.82, 2.24) is 0 Å². The number of hydrogen-bond acceptors (Lipinski definition) is 4. The quantitative estimate of drug-likeness (QED) is 0.406. The highest BCUT2D eigenvalue weighted by Gasteiger charge is 2.17. The molecule has 86 valence electrons. The standard InChI is InChI=1S/C11H15BO4/c1-3-4-9-5-6-11(16-8-15-2)10(7-9)12(13)14/h3,5-7,13-14H,1,4,8H2,2H3. The number of benzene rings is 1. The minimum Gasteiger partial charge on any atom is -0.468 e. The van der Waals surface area contributed by atoms with Crippen molar-refractivity contribution in [2.45, 2.75) is 6.42 Å². The molecule has 16 heavy (non-hydrogen) atoms. The maximum atomic E-state index is 9.21. The average Bonchev–Trinajstić information content (AvgIpc) is 2.27. The van der Waals surface area contributed by atoms with Crippen molar-refractivity contribution in [3.8, 4) is 5.75 Å². The molecule has 0 heterocycles. The van der Waals surface area contributed by atoms with Crippen molar-refractivity contribution in [1.29, 1.82) is 0 Å². The summed E-state index contributed by atoms with van der Waals surface area (Å²) in [7, 11) is -0.0576. The Kier molecular flexibility index (Phi) is 5.05. The van der Waals surface area contributed by atoms with Gasteiger partial charge in [-0.05, 0) is 18.1 Å². The fraction of sp³-hybridized carbons (Fsp3) is 0.273. The highest BCUT2D eigenvalue weighted by molar-refractivity contribution is 6.59. The van der Waals surface area contributed by atoms with E-state index in [2.05, 4.69) is 6.58 Å². The van der Waals surface area contributed by atoms with Gasteiger partial charge in [-0.25, -0.2) is 0 Å². The summed E-state index contributed by atoms with van der Waals surface area (Å²) in [4.78, 5) is 0. The van der Waals surface area contributed by atoms with Crippen LogP contribution in [0.3, 0.4) is 0 Å². The van der Waals surface area contributed by atoms with Gasteiger partial charge in [0.15, 0.2) is 6.79 Å². The van der Waals surface area contributed by atoms with Crippen molar-refractivity contribution >= 4 is 12.6 Å². The second-order valence-corrected chi connectivity index (χ2v) is 3.29. The van der Waals surface area contributed by atoms with Crippen LogP contribution in [0, 0.1) is 0 Å². The Balaban J connectivity index is 2.94. The van der Waals surface area contributed by atoms with Gasteiger partial charge in [0.2, 0.25) is 0 Å². The molecule has 1 rings (SSSR count). The number of ether oxygens (including phenoxy) is 2. The molecule has 0 aliphatic carbocycles. The predicted octanol–water partition coefficient (Wildman–Crippen LogP) is 0.0776. The number of allylic oxidation sites excluding steroid dienone is 1. The van der Waals surface area contributed by atoms with Crippen molar-refractivity contribution in [3.63, 3.8) is 0 Å². The Morgan fingerprint density at radius 2 is 2.19 bits per heavy atom. The SMILES string of the molecule is C=CCc1ccc(OCOC)c(B(O)O)c1. The summed E-state index contributed by atoms with van der Waals surface area (Å²) in [5.74, 6) is 0.407. The number of hydrogen-bond donors (Lipinski definition) is 2. The molecule has 0 fully saturated rings. The Bertz CT molecular complexity index is 352. The van der Waals surface area contributed by atoms with Gasteiger partial charge in [-0.2, -0.15) is 0 Å². The number of rotatable bonds is 6. The first kappa shape index (κ1) is 12.8. The summed E-state index contributed by atoms with van der Waals surface area (Å²) in [5, 5.41) is 18.4. The molecular formula is C11H15BO4. The predicted molar refractivity (Wildman–Crippen MR) is 62.7 cm³/mol. The third-order valence-corrected chi connectivity index (χ3v) is 2.06. The normalized spacial score (nSPS) is 9.94. The van der Waals surface area contributed by atoms with E-state index in [1.807, 2.05) is 6.07 Å². The van der Waals surface area contributed by atoms with Gasteiger partial charge in [0.1, 0.15) is 5.75 Å². The fourth-order valence-corrected chi connectivity index (χ4v) is 1.35. The van der Waals surface area contributed by atoms with E-state index in [0.29, 0.717) is 17.6 Å². The second kappa shape index (κ2) is 6.32. The largest absolute Gasteiger partial charge is 0.492 e. The summed E-state index contributed by atoms with van der Waals surface area (Å²) in [5.41, 5.74) is 1.28. The summed E-state index contributed by atoms with van der Waals surface area (Å²) in [6, 6.07) is 5.21. The van der Waals surface area contributed by atoms with Crippen molar-refractivity contribution in [2.75, 3.05) is 13.9 Å². The molecule has 0 atom stereocenters. The highest BCUT2D eigenvalue weighted by atomic mass is 16.7. The van der Waals surface area contributed by atoms with Crippen LogP contribution < -0.4 is 10.2 Å². The molecular weight excluding hydrogens is 207 g/mol. The first-order valence-corrected chi connectivity index (χ1v) is 4.90. The molecule has 0 spiro atoms. The summed E-state index contributed by atoms with van der Waals surface area (Å²) in [6.07, 6.45) is 2.42. The van der Waals surface area contributed by atoms with Crippen molar-refractivity contribution in [3.05, 3.63) is 36.4 Å². The maximum absolute atomic E-state index is 9.21. The van der Waals surface area contributed by atoms with Crippen LogP contribution in [0.15, 0.2) is 30.9 Å². The van der Waals surface area contributed by atoms with Gasteiger partial charge in [-0.15, -0.1) is 6.58 Å². The summed E-state index contributed by atoms with van der Waals surface area (Å²) >= 11 is 0. The molecule has 1 aromatic rings. The molecule has 0 radical (unpaired) electrons. The van der Waals surface area contributed by atoms with Crippen molar-refractivity contribution in [2.24, 2.45) is 0 Å². The molecule has 4 nitrogen and oxygen atoms in total. The van der Waals surface area contributed by atoms with Crippen LogP contribution in [0.25, 0.3) is 0 Å². The molecule has 0 aliphatic rings. The summed E-state index contributed by atoms with van der Waals surface area (Å²) < 4.78 is 9.97. The highest BCUT2D eigenvalue weighted by Crippen LogP contribution is 2.11. The molecule has 0 aromatic heterocycles. The fourth-order valence-electron chi connectivity index (χ4n) is 1.35. The molecule has 0 unspecified atom stereocenters. The lowest BCUT2D eigenvalue weighted by molar-refractivity contribution is 0.0517. The average molecular weight is 222 g/mol. The van der Waals surface area contributed by atoms with Gasteiger partial charge in [-0.3, -0.25) is 0 Å². The van der Waals surface area contributed by atoms with Gasteiger partial charge in [-0.1, -0.05) is 18.2 Å². The van der Waals surface area contributed by atoms with E-state index >= 15 is 0 Å². The Morgan fingerprint density at radius 3 is 2.75 bits per heavy atom. The van der Waals surface area contributed by atoms with Crippen molar-refractivity contribution < 1.29 is 19.5 Å². The first-order chi connectivity index (χ1) is 7.69. The molecule has 0 amide bonds. The van der Waals surface area contributed by atoms with Crippen LogP contribution >= 0.6 is 0 Å². The Morgan fingerprint density at radius 1 is 1.44 bits per heavy atom. The van der Waals surface area contributed by atoms with Crippen LogP contribution in [0.2, 0.25) is 0 Å². The minimum atomic E-state index is -1.56. The van der Waals surface area contributed by atoms with Gasteiger partial charge >= 0.3 is 7.12 Å². The zero-order chi connectivity index (χ0) is 12.0. The molecule has 0 bridgehead atoms. The number of methoxy groups -OCH3 is 1. The van der Waals surface area contributed by atoms with Crippen LogP contribution in [-0.2, 0) is 11.2 Å². The zero-order valence-corrected chi connectivity index (χ0v) is 9.22. The Hall–Kier alpha value is -1.30. The first-order valence-electron chi connectivity index (χ1n) is 4.90. The van der Waals surface area contributed by atoms with E-state index < -0.39 is 7.12 Å². The Labute approximate surface area is 95.3 Å². The lowest BCUT2D eigenvalue weighted by atomic mass is 9.78. The van der Waals surface area contributed by atoms with Gasteiger partial charge in [0.25, 0.3) is 0 Å². The minimum absolute atomic E-state index is 0.0700. The third kappa shape index (κ3) is 3.38. The van der Waals surface area contributed by atoms with Crippen LogP contribution in [-0.4, -0.2) is 31.1 Å². The van der Waals surface area contributed by atoms with Crippen LogP contribution in [0.5, 0.6) is 5.75 Å². The van der Waals surface area contributed by atoms with E-state index in [1.165, 1.54) is 7.11 Å². The lowest BCUT2D eigenvalue weighted by Crippen LogP contribution is -2.32. The van der Waals surface area contributed by atoms with E-state index in [0.717, 1.165) is 5.56 Å². The molecule has 5 heteroatoms. The van der Waals surface area contributed by atoms with E-state index in [4.69, 9.17) is 9.47 Å². The monoisotopic (exact) mass is 222 g/mol. The summed E-state index contributed by atoms with van der Waals surface area (Å²) in [6.45, 7) is 3.70. The maximum Gasteiger partial charge on any atom is 0.492 e. The zero-order valence-electron chi connectivity index (χ0n) is 9.22. The lowest BCUT2D eigenvalue weighted by Gasteiger charge is -2.11. The third-order valence-electron chi connectivity index (χ3n) is 2.06. The molecule has 0 saturated carbocycles. The van der Waals surface area contributed by atoms with Gasteiger partial charge in [0, 0.05) is 12.6 Å². The molecule has 1 aromatic carbocycles. The van der Waals surface area contributed by atoms with E-state index in [1.54, 1.807) is 18.2 Å². The van der Waals surface area contributed by atoms with Gasteiger partial charge < -0.3 is 19.5 Å². The van der Waals surface area contributed by atoms with Crippen LogP contribution in [0.1, 0.15) is 5.56 Å². The van der Waals surface area contributed by atoms with E-state index in [9.17, 15) is 10.0 Å².